The van der Waals surface area contributed by atoms with Crippen LogP contribution in [0.1, 0.15) is 43.4 Å². The van der Waals surface area contributed by atoms with Gasteiger partial charge in [0.15, 0.2) is 0 Å². The average Bonchev–Trinajstić information content (AvgIpc) is 3.32. The number of benzene rings is 2. The number of alkyl halides is 2. The first kappa shape index (κ1) is 27.0. The fourth-order valence-electron chi connectivity index (χ4n) is 5.52. The number of sulfone groups is 1. The van der Waals surface area contributed by atoms with E-state index in [0.29, 0.717) is 31.2 Å². The van der Waals surface area contributed by atoms with Crippen molar-refractivity contribution in [3.05, 3.63) is 77.9 Å². The predicted molar refractivity (Wildman–Crippen MR) is 136 cm³/mol. The number of hydrogen-bond acceptors (Lipinski definition) is 4. The highest BCUT2D eigenvalue weighted by Crippen LogP contribution is 2.34. The van der Waals surface area contributed by atoms with Gasteiger partial charge < -0.3 is 10.2 Å². The molecule has 6 nitrogen and oxygen atoms in total. The van der Waals surface area contributed by atoms with E-state index < -0.39 is 32.1 Å². The maximum absolute atomic E-state index is 13.9. The van der Waals surface area contributed by atoms with Crippen LogP contribution in [-0.4, -0.2) is 42.5 Å². The van der Waals surface area contributed by atoms with Crippen LogP contribution in [0.15, 0.2) is 66.1 Å². The molecule has 1 saturated heterocycles. The van der Waals surface area contributed by atoms with Gasteiger partial charge >= 0.3 is 5.25 Å². The first-order valence-electron chi connectivity index (χ1n) is 12.6. The second kappa shape index (κ2) is 10.4. The normalized spacial score (nSPS) is 20.7. The van der Waals surface area contributed by atoms with Crippen LogP contribution in [0, 0.1) is 11.8 Å². The van der Waals surface area contributed by atoms with Gasteiger partial charge in [0, 0.05) is 6.54 Å². The largest absolute Gasteiger partial charge is 0.368 e. The first-order valence-corrected chi connectivity index (χ1v) is 14.0. The zero-order valence-electron chi connectivity index (χ0n) is 21.0. The molecule has 1 N–H and O–H groups in total. The number of rotatable bonds is 9. The highest BCUT2D eigenvalue weighted by atomic mass is 32.2. The molecule has 2 amide bonds. The van der Waals surface area contributed by atoms with E-state index in [1.54, 1.807) is 4.90 Å². The number of amides is 2. The third-order valence-corrected chi connectivity index (χ3v) is 9.46. The van der Waals surface area contributed by atoms with Gasteiger partial charge in [-0.05, 0) is 59.6 Å². The van der Waals surface area contributed by atoms with Crippen molar-refractivity contribution in [3.8, 4) is 0 Å². The van der Waals surface area contributed by atoms with Crippen molar-refractivity contribution >= 4 is 21.7 Å². The summed E-state index contributed by atoms with van der Waals surface area (Å²) in [7, 11) is -4.93. The maximum Gasteiger partial charge on any atom is 0.368 e. The van der Waals surface area contributed by atoms with E-state index >= 15 is 0 Å². The zero-order chi connectivity index (χ0) is 27.0. The van der Waals surface area contributed by atoms with Gasteiger partial charge in [0.05, 0.1) is 4.90 Å². The number of nitrogens with one attached hydrogen (secondary N) is 1. The van der Waals surface area contributed by atoms with E-state index in [2.05, 4.69) is 11.9 Å². The van der Waals surface area contributed by atoms with Crippen LogP contribution in [0.5, 0.6) is 0 Å². The molecule has 1 aliphatic heterocycles. The molecule has 0 radical (unpaired) electrons. The lowest BCUT2D eigenvalue weighted by Gasteiger charge is -2.43. The highest BCUT2D eigenvalue weighted by Gasteiger charge is 2.47. The Morgan fingerprint density at radius 3 is 2.14 bits per heavy atom. The minimum atomic E-state index is -4.93. The van der Waals surface area contributed by atoms with Crippen LogP contribution in [0.3, 0.4) is 0 Å². The third-order valence-electron chi connectivity index (χ3n) is 7.68. The Bertz CT molecular complexity index is 1260. The van der Waals surface area contributed by atoms with E-state index in [4.69, 9.17) is 0 Å². The zero-order valence-corrected chi connectivity index (χ0v) is 21.8. The van der Waals surface area contributed by atoms with Gasteiger partial charge in [0.1, 0.15) is 12.1 Å². The lowest BCUT2D eigenvalue weighted by atomic mass is 9.86. The van der Waals surface area contributed by atoms with Crippen molar-refractivity contribution in [2.75, 3.05) is 0 Å². The van der Waals surface area contributed by atoms with E-state index in [-0.39, 0.29) is 36.3 Å². The van der Waals surface area contributed by atoms with Crippen molar-refractivity contribution in [1.82, 2.24) is 10.2 Å². The maximum atomic E-state index is 13.9. The summed E-state index contributed by atoms with van der Waals surface area (Å²) in [5.41, 5.74) is 2.90. The molecule has 0 bridgehead atoms. The SMILES string of the molecule is C=CC(F)(F)S(=O)(=O)c1ccc(CN2C(=O)[C@@H](C3Cc4ccccc4C3)NC(=O)[C@H]2C(CC)CC)cc1. The summed E-state index contributed by atoms with van der Waals surface area (Å²) in [6.07, 6.45) is 2.89. The van der Waals surface area contributed by atoms with Crippen LogP contribution in [-0.2, 0) is 38.8 Å². The van der Waals surface area contributed by atoms with E-state index in [9.17, 15) is 26.8 Å². The summed E-state index contributed by atoms with van der Waals surface area (Å²) < 4.78 is 52.3. The summed E-state index contributed by atoms with van der Waals surface area (Å²) in [5.74, 6) is -0.493. The summed E-state index contributed by atoms with van der Waals surface area (Å²) in [6.45, 7) is 6.94. The molecule has 2 aromatic rings. The lowest BCUT2D eigenvalue weighted by molar-refractivity contribution is -0.154. The molecule has 198 valence electrons. The van der Waals surface area contributed by atoms with Crippen LogP contribution in [0.4, 0.5) is 8.78 Å². The molecule has 0 unspecified atom stereocenters. The van der Waals surface area contributed by atoms with Crippen molar-refractivity contribution in [1.29, 1.82) is 0 Å². The summed E-state index contributed by atoms with van der Waals surface area (Å²) >= 11 is 0. The second-order valence-corrected chi connectivity index (χ2v) is 11.8. The van der Waals surface area contributed by atoms with Gasteiger partial charge in [-0.2, -0.15) is 8.78 Å². The molecule has 9 heteroatoms. The molecule has 37 heavy (non-hydrogen) atoms. The van der Waals surface area contributed by atoms with Crippen molar-refractivity contribution in [2.24, 2.45) is 11.8 Å². The second-order valence-electron chi connectivity index (χ2n) is 9.82. The van der Waals surface area contributed by atoms with Gasteiger partial charge in [0.25, 0.3) is 0 Å². The van der Waals surface area contributed by atoms with Gasteiger partial charge in [-0.1, -0.05) is 69.7 Å². The van der Waals surface area contributed by atoms with Crippen molar-refractivity contribution in [2.45, 2.75) is 68.3 Å². The number of piperazine rings is 1. The molecule has 2 aliphatic rings. The molecule has 0 saturated carbocycles. The molecule has 4 rings (SSSR count). The Hall–Kier alpha value is -3.07. The fraction of sp³-hybridized carbons (Fsp3) is 0.429. The molecule has 1 fully saturated rings. The molecule has 1 aliphatic carbocycles. The Kier molecular flexibility index (Phi) is 7.55. The summed E-state index contributed by atoms with van der Waals surface area (Å²) in [4.78, 5) is 28.3. The summed E-state index contributed by atoms with van der Waals surface area (Å²) in [6, 6.07) is 11.7. The molecular formula is C28H32F2N2O4S. The molecule has 2 aromatic carbocycles. The number of carbonyl (C=O) groups is 2. The molecule has 1 heterocycles. The van der Waals surface area contributed by atoms with Gasteiger partial charge in [-0.25, -0.2) is 8.42 Å². The Morgan fingerprint density at radius 2 is 1.62 bits per heavy atom. The van der Waals surface area contributed by atoms with E-state index in [1.807, 2.05) is 38.1 Å². The lowest BCUT2D eigenvalue weighted by Crippen LogP contribution is -2.66. The van der Waals surface area contributed by atoms with E-state index in [0.717, 1.165) is 12.1 Å². The average molecular weight is 531 g/mol. The molecule has 2 atom stereocenters. The Labute approximate surface area is 216 Å². The summed E-state index contributed by atoms with van der Waals surface area (Å²) in [5, 5.41) is -1.09. The topological polar surface area (TPSA) is 83.6 Å². The number of carbonyl (C=O) groups excluding carboxylic acids is 2. The number of fused-ring (bicyclic) bond motifs is 1. The highest BCUT2D eigenvalue weighted by molar-refractivity contribution is 7.92. The van der Waals surface area contributed by atoms with Crippen LogP contribution in [0.2, 0.25) is 0 Å². The molecule has 0 aromatic heterocycles. The Balaban J connectivity index is 1.62. The van der Waals surface area contributed by atoms with Crippen LogP contribution in [0.25, 0.3) is 0 Å². The van der Waals surface area contributed by atoms with Crippen molar-refractivity contribution < 1.29 is 26.8 Å². The van der Waals surface area contributed by atoms with Gasteiger partial charge in [0.2, 0.25) is 21.7 Å². The quantitative estimate of drug-likeness (QED) is 0.491. The minimum Gasteiger partial charge on any atom is -0.342 e. The molecular weight excluding hydrogens is 498 g/mol. The number of hydrogen-bond donors (Lipinski definition) is 1. The van der Waals surface area contributed by atoms with Gasteiger partial charge in [-0.3, -0.25) is 9.59 Å². The van der Waals surface area contributed by atoms with Crippen LogP contribution < -0.4 is 5.32 Å². The molecule has 0 spiro atoms. The standard InChI is InChI=1S/C28H32F2N2O4S/c1-4-19(5-2)25-26(33)31-24(22-15-20-9-7-8-10-21(20)16-22)27(34)32(25)17-18-11-13-23(14-12-18)37(35,36)28(29,30)6-3/h6-14,19,22,24-25H,3-5,15-17H2,1-2H3,(H,31,33)/t24-,25-/m1/s1. The monoisotopic (exact) mass is 530 g/mol. The van der Waals surface area contributed by atoms with E-state index in [1.165, 1.54) is 23.3 Å². The van der Waals surface area contributed by atoms with Crippen LogP contribution >= 0.6 is 0 Å². The predicted octanol–water partition coefficient (Wildman–Crippen LogP) is 4.29. The number of nitrogens with zero attached hydrogens (tertiary/aromatic N) is 1. The van der Waals surface area contributed by atoms with Gasteiger partial charge in [-0.15, -0.1) is 0 Å². The first-order chi connectivity index (χ1) is 17.5. The Morgan fingerprint density at radius 1 is 1.05 bits per heavy atom. The third kappa shape index (κ3) is 4.93. The minimum absolute atomic E-state index is 0.0587. The van der Waals surface area contributed by atoms with Crippen molar-refractivity contribution in [3.63, 3.8) is 0 Å². The smallest absolute Gasteiger partial charge is 0.342 e. The number of halogens is 2. The fourth-order valence-corrected chi connectivity index (χ4v) is 6.55.